The smallest absolute Gasteiger partial charge is 0.177 e. The first-order valence-electron chi connectivity index (χ1n) is 6.37. The molecule has 1 aliphatic rings. The summed E-state index contributed by atoms with van der Waals surface area (Å²) in [6.45, 7) is 0. The fourth-order valence-corrected chi connectivity index (χ4v) is 2.97. The van der Waals surface area contributed by atoms with Crippen molar-refractivity contribution in [2.45, 2.75) is 18.3 Å². The molecule has 94 valence electrons. The van der Waals surface area contributed by atoms with Gasteiger partial charge in [0.1, 0.15) is 5.82 Å². The number of aromatic amines is 1. The molecule has 2 atom stereocenters. The van der Waals surface area contributed by atoms with Gasteiger partial charge in [0, 0.05) is 16.6 Å². The van der Waals surface area contributed by atoms with Crippen molar-refractivity contribution in [2.75, 3.05) is 0 Å². The lowest BCUT2D eigenvalue weighted by atomic mass is 10.1. The van der Waals surface area contributed by atoms with Gasteiger partial charge in [-0.15, -0.1) is 0 Å². The van der Waals surface area contributed by atoms with Gasteiger partial charge >= 0.3 is 0 Å². The molecule has 0 bridgehead atoms. The molecule has 3 aromatic rings. The molecule has 2 heterocycles. The number of rotatable bonds is 2. The summed E-state index contributed by atoms with van der Waals surface area (Å²) in [6.07, 6.45) is 2.96. The van der Waals surface area contributed by atoms with Crippen LogP contribution in [0, 0.1) is 0 Å². The van der Waals surface area contributed by atoms with E-state index >= 15 is 0 Å². The number of hydrogen-bond acceptors (Lipinski definition) is 2. The average Bonchev–Trinajstić information content (AvgIpc) is 3.13. The Morgan fingerprint density at radius 3 is 2.84 bits per heavy atom. The Balaban J connectivity index is 1.66. The predicted octanol–water partition coefficient (Wildman–Crippen LogP) is 3.99. The lowest BCUT2D eigenvalue weighted by molar-refractivity contribution is 0.936. The van der Waals surface area contributed by atoms with E-state index in [2.05, 4.69) is 61.2 Å². The van der Waals surface area contributed by atoms with Gasteiger partial charge < -0.3 is 4.98 Å². The van der Waals surface area contributed by atoms with Gasteiger partial charge in [-0.05, 0) is 39.9 Å². The van der Waals surface area contributed by atoms with Gasteiger partial charge in [0.2, 0.25) is 0 Å². The lowest BCUT2D eigenvalue weighted by Gasteiger charge is -1.97. The number of aromatic nitrogens is 3. The first-order valence-corrected chi connectivity index (χ1v) is 7.16. The van der Waals surface area contributed by atoms with Gasteiger partial charge in [-0.2, -0.15) is 0 Å². The summed E-state index contributed by atoms with van der Waals surface area (Å²) in [7, 11) is 0. The maximum atomic E-state index is 4.60. The lowest BCUT2D eigenvalue weighted by Crippen LogP contribution is -1.86. The Labute approximate surface area is 119 Å². The Hall–Kier alpha value is -1.68. The first-order chi connectivity index (χ1) is 9.31. The van der Waals surface area contributed by atoms with Gasteiger partial charge in [0.05, 0.1) is 5.52 Å². The standard InChI is InChI=1S/C15H12BrN3/c16-10-6-13-15(17-8-10)19-14(18-13)12-7-11(12)9-4-2-1-3-5-9/h1-6,8,11-12H,7H2,(H,17,18,19). The monoisotopic (exact) mass is 313 g/mol. The summed E-state index contributed by atoms with van der Waals surface area (Å²) in [4.78, 5) is 12.3. The van der Waals surface area contributed by atoms with Crippen molar-refractivity contribution < 1.29 is 0 Å². The Bertz CT molecular complexity index is 735. The molecule has 3 nitrogen and oxygen atoms in total. The molecule has 0 aliphatic heterocycles. The van der Waals surface area contributed by atoms with Crippen LogP contribution in [0.15, 0.2) is 47.1 Å². The van der Waals surface area contributed by atoms with Crippen molar-refractivity contribution in [3.63, 3.8) is 0 Å². The average molecular weight is 314 g/mol. The van der Waals surface area contributed by atoms with Crippen molar-refractivity contribution in [3.05, 3.63) is 58.5 Å². The topological polar surface area (TPSA) is 41.6 Å². The largest absolute Gasteiger partial charge is 0.340 e. The van der Waals surface area contributed by atoms with E-state index in [4.69, 9.17) is 0 Å². The number of benzene rings is 1. The quantitative estimate of drug-likeness (QED) is 0.777. The van der Waals surface area contributed by atoms with Gasteiger partial charge in [-0.25, -0.2) is 9.97 Å². The van der Waals surface area contributed by atoms with Crippen LogP contribution in [0.2, 0.25) is 0 Å². The first kappa shape index (κ1) is 11.2. The molecule has 1 saturated carbocycles. The second-order valence-electron chi connectivity index (χ2n) is 5.01. The molecule has 2 aromatic heterocycles. The highest BCUT2D eigenvalue weighted by atomic mass is 79.9. The number of nitrogens with zero attached hydrogens (tertiary/aromatic N) is 2. The van der Waals surface area contributed by atoms with Crippen molar-refractivity contribution in [1.82, 2.24) is 15.0 Å². The van der Waals surface area contributed by atoms with Crippen molar-refractivity contribution in [1.29, 1.82) is 0 Å². The van der Waals surface area contributed by atoms with E-state index in [-0.39, 0.29) is 0 Å². The molecular weight excluding hydrogens is 302 g/mol. The van der Waals surface area contributed by atoms with Crippen LogP contribution < -0.4 is 0 Å². The van der Waals surface area contributed by atoms with Crippen molar-refractivity contribution in [3.8, 4) is 0 Å². The molecule has 1 N–H and O–H groups in total. The fraction of sp³-hybridized carbons (Fsp3) is 0.200. The highest BCUT2D eigenvalue weighted by Crippen LogP contribution is 2.53. The zero-order valence-corrected chi connectivity index (χ0v) is 11.8. The number of hydrogen-bond donors (Lipinski definition) is 1. The van der Waals surface area contributed by atoms with Crippen LogP contribution in [0.3, 0.4) is 0 Å². The number of fused-ring (bicyclic) bond motifs is 1. The summed E-state index contributed by atoms with van der Waals surface area (Å²) in [5, 5.41) is 0. The van der Waals surface area contributed by atoms with Gasteiger partial charge in [0.15, 0.2) is 5.65 Å². The van der Waals surface area contributed by atoms with Crippen LogP contribution in [0.5, 0.6) is 0 Å². The van der Waals surface area contributed by atoms with Crippen LogP contribution in [0.4, 0.5) is 0 Å². The van der Waals surface area contributed by atoms with Crippen molar-refractivity contribution in [2.24, 2.45) is 0 Å². The zero-order valence-electron chi connectivity index (χ0n) is 10.2. The molecule has 1 fully saturated rings. The molecule has 1 aliphatic carbocycles. The molecule has 1 aromatic carbocycles. The van der Waals surface area contributed by atoms with Crippen LogP contribution in [-0.2, 0) is 0 Å². The summed E-state index contributed by atoms with van der Waals surface area (Å²) >= 11 is 3.43. The minimum atomic E-state index is 0.510. The number of imidazole rings is 1. The Morgan fingerprint density at radius 1 is 1.16 bits per heavy atom. The maximum absolute atomic E-state index is 4.60. The van der Waals surface area contributed by atoms with E-state index < -0.39 is 0 Å². The molecule has 0 amide bonds. The third-order valence-electron chi connectivity index (χ3n) is 3.69. The minimum Gasteiger partial charge on any atom is -0.340 e. The number of pyridine rings is 1. The fourth-order valence-electron chi connectivity index (χ4n) is 2.63. The van der Waals surface area contributed by atoms with Crippen LogP contribution in [0.25, 0.3) is 11.2 Å². The molecule has 19 heavy (non-hydrogen) atoms. The molecule has 4 rings (SSSR count). The second kappa shape index (κ2) is 4.17. The molecular formula is C15H12BrN3. The zero-order chi connectivity index (χ0) is 12.8. The second-order valence-corrected chi connectivity index (χ2v) is 5.92. The normalized spacial score (nSPS) is 21.7. The van der Waals surface area contributed by atoms with Crippen LogP contribution in [-0.4, -0.2) is 15.0 Å². The Kier molecular flexibility index (Phi) is 2.45. The van der Waals surface area contributed by atoms with E-state index in [0.717, 1.165) is 21.5 Å². The van der Waals surface area contributed by atoms with E-state index in [9.17, 15) is 0 Å². The summed E-state index contributed by atoms with van der Waals surface area (Å²) < 4.78 is 0.977. The SMILES string of the molecule is Brc1cnc2nc(C3CC3c3ccccc3)[nH]c2c1. The van der Waals surface area contributed by atoms with Crippen molar-refractivity contribution >= 4 is 27.1 Å². The highest BCUT2D eigenvalue weighted by Gasteiger charge is 2.41. The van der Waals surface area contributed by atoms with Gasteiger partial charge in [-0.1, -0.05) is 30.3 Å². The van der Waals surface area contributed by atoms with E-state index in [1.165, 1.54) is 12.0 Å². The third-order valence-corrected chi connectivity index (χ3v) is 4.13. The van der Waals surface area contributed by atoms with E-state index in [1.54, 1.807) is 6.20 Å². The number of halogens is 1. The van der Waals surface area contributed by atoms with Crippen LogP contribution >= 0.6 is 15.9 Å². The highest BCUT2D eigenvalue weighted by molar-refractivity contribution is 9.10. The molecule has 0 saturated heterocycles. The van der Waals surface area contributed by atoms with Gasteiger partial charge in [0.25, 0.3) is 0 Å². The number of H-pyrrole nitrogens is 1. The summed E-state index contributed by atoms with van der Waals surface area (Å²) in [6, 6.07) is 12.7. The molecule has 0 radical (unpaired) electrons. The third kappa shape index (κ3) is 1.96. The Morgan fingerprint density at radius 2 is 2.00 bits per heavy atom. The minimum absolute atomic E-state index is 0.510. The van der Waals surface area contributed by atoms with Gasteiger partial charge in [-0.3, -0.25) is 0 Å². The molecule has 2 unspecified atom stereocenters. The maximum Gasteiger partial charge on any atom is 0.177 e. The molecule has 4 heteroatoms. The molecule has 0 spiro atoms. The van der Waals surface area contributed by atoms with E-state index in [1.807, 2.05) is 6.07 Å². The van der Waals surface area contributed by atoms with E-state index in [0.29, 0.717) is 11.8 Å². The predicted molar refractivity (Wildman–Crippen MR) is 78.1 cm³/mol. The number of nitrogens with one attached hydrogen (secondary N) is 1. The van der Waals surface area contributed by atoms with Crippen LogP contribution in [0.1, 0.15) is 29.6 Å². The summed E-state index contributed by atoms with van der Waals surface area (Å²) in [5.74, 6) is 2.18. The summed E-state index contributed by atoms with van der Waals surface area (Å²) in [5.41, 5.74) is 3.21.